The third kappa shape index (κ3) is 4.58. The van der Waals surface area contributed by atoms with E-state index in [0.29, 0.717) is 17.7 Å². The van der Waals surface area contributed by atoms with Crippen LogP contribution in [-0.2, 0) is 17.8 Å². The lowest BCUT2D eigenvalue weighted by molar-refractivity contribution is -0.138. The van der Waals surface area contributed by atoms with Crippen LogP contribution in [0.25, 0.3) is 0 Å². The quantitative estimate of drug-likeness (QED) is 0.803. The molecule has 0 radical (unpaired) electrons. The second-order valence-electron chi connectivity index (χ2n) is 7.86. The highest BCUT2D eigenvalue weighted by Gasteiger charge is 2.32. The molecule has 0 aliphatic carbocycles. The van der Waals surface area contributed by atoms with Gasteiger partial charge in [0.2, 0.25) is 11.8 Å². The number of rotatable bonds is 5. The first-order valence-corrected chi connectivity index (χ1v) is 10.00. The molecular weight excluding hydrogens is 344 g/mol. The minimum atomic E-state index is 0.116. The smallest absolute Gasteiger partial charge is 0.226 e. The van der Waals surface area contributed by atoms with Gasteiger partial charge in [0.1, 0.15) is 5.76 Å². The molecule has 2 aromatic rings. The molecule has 0 aromatic carbocycles. The summed E-state index contributed by atoms with van der Waals surface area (Å²) in [6, 6.07) is 3.92. The molecule has 2 fully saturated rings. The van der Waals surface area contributed by atoms with Crippen molar-refractivity contribution in [3.63, 3.8) is 0 Å². The summed E-state index contributed by atoms with van der Waals surface area (Å²) in [5.74, 6) is 3.36. The fourth-order valence-corrected chi connectivity index (χ4v) is 4.32. The van der Waals surface area contributed by atoms with Crippen LogP contribution >= 0.6 is 0 Å². The fourth-order valence-electron chi connectivity index (χ4n) is 4.32. The standard InChI is InChI=1S/C20H28N4O3/c1-15-21-19(22-27-15)12-16-6-9-24(10-7-16)20(25)17-4-2-8-23(13-17)14-18-5-3-11-26-18/h3,5,11,16-17H,2,4,6-10,12-14H2,1H3/t17-/m1/s1. The lowest BCUT2D eigenvalue weighted by Gasteiger charge is -2.37. The lowest BCUT2D eigenvalue weighted by Crippen LogP contribution is -2.47. The van der Waals surface area contributed by atoms with E-state index >= 15 is 0 Å². The van der Waals surface area contributed by atoms with Gasteiger partial charge in [-0.2, -0.15) is 4.98 Å². The molecule has 7 heteroatoms. The largest absolute Gasteiger partial charge is 0.468 e. The Hall–Kier alpha value is -2.15. The van der Waals surface area contributed by atoms with E-state index in [1.807, 2.05) is 19.1 Å². The minimum Gasteiger partial charge on any atom is -0.468 e. The first-order valence-electron chi connectivity index (χ1n) is 10.00. The van der Waals surface area contributed by atoms with Crippen molar-refractivity contribution < 1.29 is 13.7 Å². The third-order valence-corrected chi connectivity index (χ3v) is 5.78. The maximum Gasteiger partial charge on any atom is 0.226 e. The van der Waals surface area contributed by atoms with Crippen LogP contribution in [0, 0.1) is 18.8 Å². The van der Waals surface area contributed by atoms with Crippen molar-refractivity contribution >= 4 is 5.91 Å². The Morgan fingerprint density at radius 1 is 1.26 bits per heavy atom. The Morgan fingerprint density at radius 2 is 2.11 bits per heavy atom. The van der Waals surface area contributed by atoms with E-state index < -0.39 is 0 Å². The molecule has 1 atom stereocenters. The molecule has 2 aromatic heterocycles. The molecule has 2 saturated heterocycles. The van der Waals surface area contributed by atoms with Gasteiger partial charge >= 0.3 is 0 Å². The average Bonchev–Trinajstić information content (AvgIpc) is 3.34. The maximum atomic E-state index is 13.0. The highest BCUT2D eigenvalue weighted by molar-refractivity contribution is 5.79. The monoisotopic (exact) mass is 372 g/mol. The Labute approximate surface area is 159 Å². The zero-order chi connectivity index (χ0) is 18.6. The van der Waals surface area contributed by atoms with Crippen LogP contribution in [0.4, 0.5) is 0 Å². The second-order valence-corrected chi connectivity index (χ2v) is 7.86. The zero-order valence-corrected chi connectivity index (χ0v) is 16.0. The summed E-state index contributed by atoms with van der Waals surface area (Å²) in [4.78, 5) is 21.7. The second kappa shape index (κ2) is 8.25. The molecule has 0 saturated carbocycles. The Kier molecular flexibility index (Phi) is 5.57. The molecule has 1 amide bonds. The average molecular weight is 372 g/mol. The van der Waals surface area contributed by atoms with Gasteiger partial charge in [-0.15, -0.1) is 0 Å². The van der Waals surface area contributed by atoms with Crippen LogP contribution in [0.3, 0.4) is 0 Å². The van der Waals surface area contributed by atoms with Crippen LogP contribution < -0.4 is 0 Å². The van der Waals surface area contributed by atoms with Gasteiger partial charge in [0.15, 0.2) is 5.82 Å². The molecule has 4 rings (SSSR count). The highest BCUT2D eigenvalue weighted by Crippen LogP contribution is 2.25. The molecule has 4 heterocycles. The van der Waals surface area contributed by atoms with Crippen LogP contribution in [0.5, 0.6) is 0 Å². The van der Waals surface area contributed by atoms with Crippen LogP contribution in [0.15, 0.2) is 27.3 Å². The lowest BCUT2D eigenvalue weighted by atomic mass is 9.91. The van der Waals surface area contributed by atoms with E-state index in [1.54, 1.807) is 6.26 Å². The van der Waals surface area contributed by atoms with Crippen LogP contribution in [0.1, 0.15) is 43.2 Å². The van der Waals surface area contributed by atoms with E-state index in [9.17, 15) is 4.79 Å². The van der Waals surface area contributed by atoms with E-state index in [-0.39, 0.29) is 5.92 Å². The van der Waals surface area contributed by atoms with Gasteiger partial charge in [0, 0.05) is 33.0 Å². The number of hydrogen-bond acceptors (Lipinski definition) is 6. The number of likely N-dealkylation sites (tertiary alicyclic amines) is 2. The molecule has 0 bridgehead atoms. The Balaban J connectivity index is 1.26. The third-order valence-electron chi connectivity index (χ3n) is 5.78. The van der Waals surface area contributed by atoms with Crippen molar-refractivity contribution in [2.45, 2.75) is 45.6 Å². The Bertz CT molecular complexity index is 734. The SMILES string of the molecule is Cc1nc(CC2CCN(C(=O)[C@@H]3CCCN(Cc4ccco4)C3)CC2)no1. The number of carbonyl (C=O) groups excluding carboxylic acids is 1. The summed E-state index contributed by atoms with van der Waals surface area (Å²) in [6.07, 6.45) is 6.66. The zero-order valence-electron chi connectivity index (χ0n) is 16.0. The molecule has 0 unspecified atom stereocenters. The number of amides is 1. The van der Waals surface area contributed by atoms with E-state index in [4.69, 9.17) is 8.94 Å². The minimum absolute atomic E-state index is 0.116. The van der Waals surface area contributed by atoms with Gasteiger partial charge in [0.25, 0.3) is 0 Å². The van der Waals surface area contributed by atoms with Gasteiger partial charge in [-0.1, -0.05) is 5.16 Å². The molecule has 2 aliphatic heterocycles. The van der Waals surface area contributed by atoms with Crippen molar-refractivity contribution in [2.24, 2.45) is 11.8 Å². The predicted octanol–water partition coefficient (Wildman–Crippen LogP) is 2.66. The van der Waals surface area contributed by atoms with Gasteiger partial charge in [-0.25, -0.2) is 0 Å². The summed E-state index contributed by atoms with van der Waals surface area (Å²) in [7, 11) is 0. The van der Waals surface area contributed by atoms with Crippen molar-refractivity contribution in [3.05, 3.63) is 35.9 Å². The number of nitrogens with zero attached hydrogens (tertiary/aromatic N) is 4. The summed E-state index contributed by atoms with van der Waals surface area (Å²) in [6.45, 7) is 6.17. The van der Waals surface area contributed by atoms with E-state index in [0.717, 1.165) is 76.4 Å². The number of furan rings is 1. The number of aryl methyl sites for hydroxylation is 1. The van der Waals surface area contributed by atoms with Crippen LogP contribution in [-0.4, -0.2) is 52.0 Å². The molecule has 27 heavy (non-hydrogen) atoms. The maximum absolute atomic E-state index is 13.0. The molecule has 0 spiro atoms. The van der Waals surface area contributed by atoms with E-state index in [2.05, 4.69) is 19.9 Å². The first-order chi connectivity index (χ1) is 13.2. The summed E-state index contributed by atoms with van der Waals surface area (Å²) >= 11 is 0. The number of hydrogen-bond donors (Lipinski definition) is 0. The molecule has 146 valence electrons. The summed E-state index contributed by atoms with van der Waals surface area (Å²) in [5, 5.41) is 4.00. The summed E-state index contributed by atoms with van der Waals surface area (Å²) in [5.41, 5.74) is 0. The van der Waals surface area contributed by atoms with Gasteiger partial charge < -0.3 is 13.8 Å². The Morgan fingerprint density at radius 3 is 2.81 bits per heavy atom. The molecule has 7 nitrogen and oxygen atoms in total. The molecule has 0 N–H and O–H groups in total. The number of piperidine rings is 2. The molecular formula is C20H28N4O3. The first kappa shape index (κ1) is 18.2. The van der Waals surface area contributed by atoms with Crippen molar-refractivity contribution in [1.29, 1.82) is 0 Å². The predicted molar refractivity (Wildman–Crippen MR) is 98.8 cm³/mol. The van der Waals surface area contributed by atoms with Crippen molar-refractivity contribution in [3.8, 4) is 0 Å². The summed E-state index contributed by atoms with van der Waals surface area (Å²) < 4.78 is 10.5. The highest BCUT2D eigenvalue weighted by atomic mass is 16.5. The van der Waals surface area contributed by atoms with Gasteiger partial charge in [-0.3, -0.25) is 9.69 Å². The van der Waals surface area contributed by atoms with Gasteiger partial charge in [0.05, 0.1) is 18.7 Å². The topological polar surface area (TPSA) is 75.6 Å². The normalized spacial score (nSPS) is 22.3. The molecule has 2 aliphatic rings. The van der Waals surface area contributed by atoms with Gasteiger partial charge in [-0.05, 0) is 50.3 Å². The number of carbonyl (C=O) groups is 1. The van der Waals surface area contributed by atoms with Crippen molar-refractivity contribution in [2.75, 3.05) is 26.2 Å². The van der Waals surface area contributed by atoms with E-state index in [1.165, 1.54) is 0 Å². The van der Waals surface area contributed by atoms with Crippen LogP contribution in [0.2, 0.25) is 0 Å². The van der Waals surface area contributed by atoms with Crippen molar-refractivity contribution in [1.82, 2.24) is 19.9 Å². The number of aromatic nitrogens is 2. The fraction of sp³-hybridized carbons (Fsp3) is 0.650.